The molecule has 0 unspecified atom stereocenters. The molecule has 1 aromatic heterocycles. The van der Waals surface area contributed by atoms with Gasteiger partial charge in [0.2, 0.25) is 5.91 Å². The molecule has 1 saturated carbocycles. The standard InChI is InChI=1S/C26H24F5N3O/c1-14-18(23(29)25(31)24(30)22(14)28)12-21(35)34-26-19(11-15-5-3-2-4-6-15)33-20(13-32-26)16-7-9-17(27)10-8-16/h7-10,13,15H,2-6,11-12H2,1H3,(H,32,34,35). The Hall–Kier alpha value is -3.36. The molecule has 0 bridgehead atoms. The summed E-state index contributed by atoms with van der Waals surface area (Å²) in [6.07, 6.45) is 6.63. The van der Waals surface area contributed by atoms with E-state index in [1.807, 2.05) is 0 Å². The molecule has 0 aliphatic heterocycles. The van der Waals surface area contributed by atoms with Gasteiger partial charge in [-0.25, -0.2) is 31.9 Å². The molecular weight excluding hydrogens is 465 g/mol. The number of carbonyl (C=O) groups excluding carboxylic acids is 1. The maximum atomic E-state index is 14.2. The number of anilines is 1. The van der Waals surface area contributed by atoms with Gasteiger partial charge in [-0.3, -0.25) is 4.79 Å². The van der Waals surface area contributed by atoms with Crippen LogP contribution in [-0.2, 0) is 17.6 Å². The smallest absolute Gasteiger partial charge is 0.230 e. The van der Waals surface area contributed by atoms with Gasteiger partial charge in [0.1, 0.15) is 5.82 Å². The third-order valence-electron chi connectivity index (χ3n) is 6.41. The van der Waals surface area contributed by atoms with Crippen LogP contribution in [0.1, 0.15) is 48.9 Å². The van der Waals surface area contributed by atoms with Crippen molar-refractivity contribution in [2.45, 2.75) is 51.9 Å². The van der Waals surface area contributed by atoms with E-state index >= 15 is 0 Å². The van der Waals surface area contributed by atoms with E-state index in [0.29, 0.717) is 29.3 Å². The number of rotatable bonds is 6. The number of benzene rings is 2. The fraction of sp³-hybridized carbons (Fsp3) is 0.346. The molecule has 0 atom stereocenters. The molecule has 1 aliphatic carbocycles. The highest BCUT2D eigenvalue weighted by Gasteiger charge is 2.25. The molecule has 184 valence electrons. The minimum Gasteiger partial charge on any atom is -0.309 e. The van der Waals surface area contributed by atoms with E-state index in [-0.39, 0.29) is 11.6 Å². The van der Waals surface area contributed by atoms with Gasteiger partial charge in [-0.05, 0) is 49.1 Å². The van der Waals surface area contributed by atoms with Crippen molar-refractivity contribution in [3.63, 3.8) is 0 Å². The molecule has 3 aromatic rings. The molecule has 1 fully saturated rings. The van der Waals surface area contributed by atoms with Crippen LogP contribution >= 0.6 is 0 Å². The minimum atomic E-state index is -1.96. The largest absolute Gasteiger partial charge is 0.309 e. The van der Waals surface area contributed by atoms with Crippen LogP contribution in [0.15, 0.2) is 30.5 Å². The average Bonchev–Trinajstić information content (AvgIpc) is 2.86. The second-order valence-electron chi connectivity index (χ2n) is 8.85. The first kappa shape index (κ1) is 24.8. The summed E-state index contributed by atoms with van der Waals surface area (Å²) < 4.78 is 68.6. The molecule has 1 heterocycles. The molecule has 1 amide bonds. The zero-order chi connectivity index (χ0) is 25.1. The predicted molar refractivity (Wildman–Crippen MR) is 121 cm³/mol. The highest BCUT2D eigenvalue weighted by molar-refractivity contribution is 5.92. The zero-order valence-electron chi connectivity index (χ0n) is 19.1. The van der Waals surface area contributed by atoms with Crippen LogP contribution in [0.5, 0.6) is 0 Å². The highest BCUT2D eigenvalue weighted by atomic mass is 19.2. The summed E-state index contributed by atoms with van der Waals surface area (Å²) in [6, 6.07) is 5.77. The average molecular weight is 489 g/mol. The van der Waals surface area contributed by atoms with E-state index in [1.54, 1.807) is 12.1 Å². The zero-order valence-corrected chi connectivity index (χ0v) is 19.1. The first-order valence-corrected chi connectivity index (χ1v) is 11.5. The van der Waals surface area contributed by atoms with Gasteiger partial charge in [0.15, 0.2) is 29.1 Å². The van der Waals surface area contributed by atoms with Crippen molar-refractivity contribution in [3.8, 4) is 11.3 Å². The third-order valence-corrected chi connectivity index (χ3v) is 6.41. The van der Waals surface area contributed by atoms with E-state index in [1.165, 1.54) is 18.3 Å². The second kappa shape index (κ2) is 10.5. The fourth-order valence-corrected chi connectivity index (χ4v) is 4.43. The van der Waals surface area contributed by atoms with Gasteiger partial charge < -0.3 is 5.32 Å². The van der Waals surface area contributed by atoms with Crippen LogP contribution in [0.4, 0.5) is 27.8 Å². The Morgan fingerprint density at radius 3 is 2.29 bits per heavy atom. The summed E-state index contributed by atoms with van der Waals surface area (Å²) >= 11 is 0. The van der Waals surface area contributed by atoms with Gasteiger partial charge in [-0.2, -0.15) is 0 Å². The van der Waals surface area contributed by atoms with Gasteiger partial charge in [0.05, 0.1) is 24.0 Å². The number of nitrogens with zero attached hydrogens (tertiary/aromatic N) is 2. The number of halogens is 5. The van der Waals surface area contributed by atoms with Crippen molar-refractivity contribution >= 4 is 11.7 Å². The van der Waals surface area contributed by atoms with Crippen LogP contribution in [0.25, 0.3) is 11.3 Å². The number of hydrogen-bond donors (Lipinski definition) is 1. The third kappa shape index (κ3) is 5.49. The molecule has 4 rings (SSSR count). The number of nitrogens with one attached hydrogen (secondary N) is 1. The monoisotopic (exact) mass is 489 g/mol. The fourth-order valence-electron chi connectivity index (χ4n) is 4.43. The topological polar surface area (TPSA) is 54.9 Å². The first-order valence-electron chi connectivity index (χ1n) is 11.5. The lowest BCUT2D eigenvalue weighted by atomic mass is 9.86. The number of hydrogen-bond acceptors (Lipinski definition) is 3. The lowest BCUT2D eigenvalue weighted by Gasteiger charge is -2.22. The Kier molecular flexibility index (Phi) is 7.42. The number of aromatic nitrogens is 2. The Balaban J connectivity index is 1.61. The lowest BCUT2D eigenvalue weighted by Crippen LogP contribution is -2.21. The summed E-state index contributed by atoms with van der Waals surface area (Å²) in [5.41, 5.74) is 0.621. The molecule has 0 radical (unpaired) electrons. The van der Waals surface area contributed by atoms with Crippen molar-refractivity contribution in [2.24, 2.45) is 5.92 Å². The second-order valence-corrected chi connectivity index (χ2v) is 8.85. The molecule has 35 heavy (non-hydrogen) atoms. The van der Waals surface area contributed by atoms with E-state index < -0.39 is 46.7 Å². The molecule has 0 spiro atoms. The van der Waals surface area contributed by atoms with Crippen molar-refractivity contribution in [1.29, 1.82) is 0 Å². The summed E-state index contributed by atoms with van der Waals surface area (Å²) in [7, 11) is 0. The Morgan fingerprint density at radius 1 is 0.943 bits per heavy atom. The van der Waals surface area contributed by atoms with Crippen LogP contribution in [0, 0.1) is 41.9 Å². The van der Waals surface area contributed by atoms with Crippen molar-refractivity contribution in [2.75, 3.05) is 5.32 Å². The first-order chi connectivity index (χ1) is 16.7. The number of amides is 1. The normalized spacial score (nSPS) is 14.2. The maximum absolute atomic E-state index is 14.2. The molecule has 1 N–H and O–H groups in total. The van der Waals surface area contributed by atoms with Gasteiger partial charge in [0.25, 0.3) is 0 Å². The Labute approximate surface area is 199 Å². The van der Waals surface area contributed by atoms with Gasteiger partial charge >= 0.3 is 0 Å². The highest BCUT2D eigenvalue weighted by Crippen LogP contribution is 2.30. The van der Waals surface area contributed by atoms with Crippen molar-refractivity contribution < 1.29 is 26.7 Å². The Bertz CT molecular complexity index is 1210. The predicted octanol–water partition coefficient (Wildman–Crippen LogP) is 6.45. The molecule has 9 heteroatoms. The van der Waals surface area contributed by atoms with Crippen LogP contribution < -0.4 is 5.32 Å². The molecular formula is C26H24F5N3O. The lowest BCUT2D eigenvalue weighted by molar-refractivity contribution is -0.115. The molecule has 4 nitrogen and oxygen atoms in total. The summed E-state index contributed by atoms with van der Waals surface area (Å²) in [5.74, 6) is -7.66. The molecule has 2 aromatic carbocycles. The van der Waals surface area contributed by atoms with Gasteiger partial charge in [-0.15, -0.1) is 0 Å². The van der Waals surface area contributed by atoms with Crippen LogP contribution in [-0.4, -0.2) is 15.9 Å². The molecule has 1 aliphatic rings. The van der Waals surface area contributed by atoms with E-state index in [0.717, 1.165) is 39.0 Å². The van der Waals surface area contributed by atoms with Crippen LogP contribution in [0.3, 0.4) is 0 Å². The summed E-state index contributed by atoms with van der Waals surface area (Å²) in [6.45, 7) is 1.08. The van der Waals surface area contributed by atoms with Gasteiger partial charge in [-0.1, -0.05) is 32.1 Å². The van der Waals surface area contributed by atoms with Gasteiger partial charge in [0, 0.05) is 11.1 Å². The minimum absolute atomic E-state index is 0.160. The SMILES string of the molecule is Cc1c(F)c(F)c(F)c(F)c1CC(=O)Nc1ncc(-c2ccc(F)cc2)nc1CC1CCCCC1. The van der Waals surface area contributed by atoms with E-state index in [9.17, 15) is 26.7 Å². The van der Waals surface area contributed by atoms with Crippen LogP contribution in [0.2, 0.25) is 0 Å². The quantitative estimate of drug-likeness (QED) is 0.246. The summed E-state index contributed by atoms with van der Waals surface area (Å²) in [5, 5.41) is 2.57. The Morgan fingerprint density at radius 2 is 1.60 bits per heavy atom. The van der Waals surface area contributed by atoms with Crippen molar-refractivity contribution in [1.82, 2.24) is 9.97 Å². The summed E-state index contributed by atoms with van der Waals surface area (Å²) in [4.78, 5) is 21.7. The maximum Gasteiger partial charge on any atom is 0.230 e. The number of carbonyl (C=O) groups is 1. The van der Waals surface area contributed by atoms with E-state index in [4.69, 9.17) is 0 Å². The molecule has 0 saturated heterocycles. The van der Waals surface area contributed by atoms with Crippen molar-refractivity contribution in [3.05, 3.63) is 76.4 Å². The van der Waals surface area contributed by atoms with E-state index in [2.05, 4.69) is 15.3 Å².